The largest absolute Gasteiger partial charge is 0.481 e. The normalized spacial score (nSPS) is 38.3. The smallest absolute Gasteiger partial charge is 0.309 e. The van der Waals surface area contributed by atoms with Crippen molar-refractivity contribution in [2.24, 2.45) is 50.7 Å². The molecule has 3 unspecified atom stereocenters. The number of fused-ring (bicyclic) bond motifs is 7. The molecule has 0 saturated heterocycles. The van der Waals surface area contributed by atoms with E-state index in [0.29, 0.717) is 30.4 Å². The molecule has 270 valence electrons. The van der Waals surface area contributed by atoms with E-state index in [1.165, 1.54) is 5.57 Å². The van der Waals surface area contributed by atoms with Crippen molar-refractivity contribution >= 4 is 23.6 Å². The number of nitrogens with zero attached hydrogens (tertiary/aromatic N) is 1. The lowest BCUT2D eigenvalue weighted by molar-refractivity contribution is -0.232. The number of oxazole rings is 1. The van der Waals surface area contributed by atoms with Gasteiger partial charge < -0.3 is 19.6 Å². The highest BCUT2D eigenvalue weighted by molar-refractivity contribution is 6.03. The Bertz CT molecular complexity index is 1600. The first-order valence-electron chi connectivity index (χ1n) is 18.6. The summed E-state index contributed by atoms with van der Waals surface area (Å²) < 4.78 is 11.7. The van der Waals surface area contributed by atoms with Gasteiger partial charge in [-0.25, -0.2) is 4.98 Å². The van der Waals surface area contributed by atoms with Crippen LogP contribution in [0.1, 0.15) is 143 Å². The van der Waals surface area contributed by atoms with Crippen molar-refractivity contribution in [3.63, 3.8) is 0 Å². The lowest BCUT2D eigenvalue weighted by atomic mass is 9.33. The van der Waals surface area contributed by atoms with Crippen LogP contribution in [0.2, 0.25) is 0 Å². The van der Waals surface area contributed by atoms with Gasteiger partial charge in [-0.1, -0.05) is 48.5 Å². The zero-order valence-corrected chi connectivity index (χ0v) is 31.4. The molecule has 0 bridgehead atoms. The number of aliphatic carboxylic acids is 1. The highest BCUT2D eigenvalue weighted by atomic mass is 16.5. The van der Waals surface area contributed by atoms with E-state index in [4.69, 9.17) is 9.15 Å². The monoisotopic (exact) mass is 678 g/mol. The molecule has 0 radical (unpaired) electrons. The molecular formula is C40H58N2O7. The number of nitrogens with one attached hydrogen (secondary N) is 1. The van der Waals surface area contributed by atoms with Crippen LogP contribution in [0.15, 0.2) is 21.8 Å². The number of aryl methyl sites for hydroxylation is 1. The van der Waals surface area contributed by atoms with Crippen LogP contribution >= 0.6 is 0 Å². The van der Waals surface area contributed by atoms with E-state index in [1.807, 2.05) is 0 Å². The molecule has 5 aliphatic rings. The van der Waals surface area contributed by atoms with Crippen LogP contribution in [0.5, 0.6) is 0 Å². The lowest BCUT2D eigenvalue weighted by Crippen LogP contribution is -2.67. The number of ether oxygens (including phenoxy) is 1. The Balaban J connectivity index is 1.30. The first kappa shape index (κ1) is 35.8. The molecule has 2 N–H and O–H groups in total. The number of Topliss-reactive ketones (excluding diaryl/α,β-unsaturated/α-hetero) is 1. The fourth-order valence-corrected chi connectivity index (χ4v) is 12.3. The van der Waals surface area contributed by atoms with E-state index in [0.717, 1.165) is 50.5 Å². The van der Waals surface area contributed by atoms with Gasteiger partial charge in [0.2, 0.25) is 0 Å². The van der Waals surface area contributed by atoms with Gasteiger partial charge in [0, 0.05) is 11.8 Å². The molecule has 1 aromatic heterocycles. The molecule has 1 aromatic rings. The maximum atomic E-state index is 13.9. The van der Waals surface area contributed by atoms with Crippen LogP contribution in [0, 0.1) is 57.7 Å². The summed E-state index contributed by atoms with van der Waals surface area (Å²) in [5.74, 6) is 0.0381. The Morgan fingerprint density at radius 3 is 2.31 bits per heavy atom. The Labute approximate surface area is 291 Å². The summed E-state index contributed by atoms with van der Waals surface area (Å²) in [7, 11) is 0. The molecule has 8 atom stereocenters. The summed E-state index contributed by atoms with van der Waals surface area (Å²) in [6.07, 6.45) is 8.88. The molecule has 9 heteroatoms. The van der Waals surface area contributed by atoms with Gasteiger partial charge in [-0.2, -0.15) is 0 Å². The quantitative estimate of drug-likeness (QED) is 0.278. The van der Waals surface area contributed by atoms with Gasteiger partial charge in [-0.15, -0.1) is 0 Å². The molecular weight excluding hydrogens is 620 g/mol. The predicted molar refractivity (Wildman–Crippen MR) is 184 cm³/mol. The van der Waals surface area contributed by atoms with Crippen molar-refractivity contribution in [2.45, 2.75) is 145 Å². The van der Waals surface area contributed by atoms with Crippen molar-refractivity contribution in [3.8, 4) is 0 Å². The van der Waals surface area contributed by atoms with Crippen LogP contribution in [0.4, 0.5) is 0 Å². The second-order valence-electron chi connectivity index (χ2n) is 18.7. The van der Waals surface area contributed by atoms with Crippen LogP contribution < -0.4 is 5.32 Å². The van der Waals surface area contributed by atoms with Gasteiger partial charge >= 0.3 is 17.8 Å². The van der Waals surface area contributed by atoms with Gasteiger partial charge in [0.15, 0.2) is 5.78 Å². The number of aromatic nitrogens is 1. The minimum absolute atomic E-state index is 0.0167. The van der Waals surface area contributed by atoms with Crippen LogP contribution in [0.25, 0.3) is 0 Å². The zero-order valence-electron chi connectivity index (χ0n) is 31.4. The second kappa shape index (κ2) is 11.5. The van der Waals surface area contributed by atoms with Crippen molar-refractivity contribution < 1.29 is 33.4 Å². The van der Waals surface area contributed by atoms with Crippen LogP contribution in [-0.4, -0.2) is 45.4 Å². The molecule has 1 heterocycles. The van der Waals surface area contributed by atoms with Crippen molar-refractivity contribution in [1.29, 1.82) is 0 Å². The molecule has 0 aromatic carbocycles. The summed E-state index contributed by atoms with van der Waals surface area (Å²) in [5, 5.41) is 12.9. The van der Waals surface area contributed by atoms with E-state index in [9.17, 15) is 24.3 Å². The Morgan fingerprint density at radius 2 is 1.69 bits per heavy atom. The zero-order chi connectivity index (χ0) is 36.1. The number of rotatable bonds is 7. The van der Waals surface area contributed by atoms with E-state index < -0.39 is 22.9 Å². The average molecular weight is 679 g/mol. The maximum absolute atomic E-state index is 13.9. The van der Waals surface area contributed by atoms with Gasteiger partial charge in [0.1, 0.15) is 11.9 Å². The summed E-state index contributed by atoms with van der Waals surface area (Å²) in [5.41, 5.74) is -0.0683. The van der Waals surface area contributed by atoms with Gasteiger partial charge in [0.05, 0.1) is 23.6 Å². The number of carboxylic acids is 1. The molecule has 4 saturated carbocycles. The number of hydrogen-bond acceptors (Lipinski definition) is 7. The molecule has 9 nitrogen and oxygen atoms in total. The van der Waals surface area contributed by atoms with Gasteiger partial charge in [-0.3, -0.25) is 19.2 Å². The fourth-order valence-electron chi connectivity index (χ4n) is 12.3. The molecule has 5 aliphatic carbocycles. The molecule has 4 fully saturated rings. The minimum Gasteiger partial charge on any atom is -0.481 e. The Hall–Kier alpha value is -2.97. The third kappa shape index (κ3) is 5.25. The Kier molecular flexibility index (Phi) is 8.43. The highest BCUT2D eigenvalue weighted by Gasteiger charge is 2.70. The minimum atomic E-state index is -1.17. The number of carboxylic acid groups (broad SMARTS) is 1. The standard InChI is InChI=1S/C40H58N2O7/c1-22(2)30-25(43)19-40(42-32(45)33-41-21-23(3)48-33)18-17-38(9)24(31(30)40)11-12-27-37(8)15-14-28(49-29(44)20-35(4,5)34(46)47)36(6,7)26(37)13-16-39(27,38)10/h21-22,24,26-28H,11-20H2,1-10H3,(H,42,45)(H,46,47)/t24?,26?,27?,28-,37-,38+,39+,40+/m0/s1. The maximum Gasteiger partial charge on any atom is 0.309 e. The summed E-state index contributed by atoms with van der Waals surface area (Å²) in [6.45, 7) is 21.1. The predicted octanol–water partition coefficient (Wildman–Crippen LogP) is 7.86. The second-order valence-corrected chi connectivity index (χ2v) is 18.7. The van der Waals surface area contributed by atoms with Crippen molar-refractivity contribution in [2.75, 3.05) is 0 Å². The van der Waals surface area contributed by atoms with Crippen LogP contribution in [0.3, 0.4) is 0 Å². The molecule has 1 amide bonds. The van der Waals surface area contributed by atoms with E-state index in [1.54, 1.807) is 27.0 Å². The first-order valence-corrected chi connectivity index (χ1v) is 18.6. The SMILES string of the molecule is Cc1cnc(C(=O)N[C@@]23CC[C@]4(C)C(CCC5[C@@]6(C)CC[C@H](OC(=O)CC(C)(C)C(=O)O)C(C)(C)C6CC[C@]54C)C2=C(C(C)C)C(=O)C3)o1. The van der Waals surface area contributed by atoms with Crippen molar-refractivity contribution in [3.05, 3.63) is 29.0 Å². The fraction of sp³-hybridized carbons (Fsp3) is 0.775. The number of carbonyl (C=O) groups is 4. The van der Waals surface area contributed by atoms with E-state index in [2.05, 4.69) is 58.8 Å². The summed E-state index contributed by atoms with van der Waals surface area (Å²) in [6, 6.07) is 0. The van der Waals surface area contributed by atoms with E-state index >= 15 is 0 Å². The molecule has 49 heavy (non-hydrogen) atoms. The first-order chi connectivity index (χ1) is 22.6. The van der Waals surface area contributed by atoms with Gasteiger partial charge in [-0.05, 0) is 123 Å². The Morgan fingerprint density at radius 1 is 1.00 bits per heavy atom. The number of amides is 1. The molecule has 6 rings (SSSR count). The summed E-state index contributed by atoms with van der Waals surface area (Å²) >= 11 is 0. The number of hydrogen-bond donors (Lipinski definition) is 2. The number of esters is 1. The average Bonchev–Trinajstić information content (AvgIpc) is 3.55. The van der Waals surface area contributed by atoms with Crippen LogP contribution in [-0.2, 0) is 19.1 Å². The topological polar surface area (TPSA) is 136 Å². The lowest BCUT2D eigenvalue weighted by Gasteiger charge is -2.72. The molecule has 0 aliphatic heterocycles. The summed E-state index contributed by atoms with van der Waals surface area (Å²) in [4.78, 5) is 56.4. The van der Waals surface area contributed by atoms with Crippen molar-refractivity contribution in [1.82, 2.24) is 10.3 Å². The highest BCUT2D eigenvalue weighted by Crippen LogP contribution is 2.76. The van der Waals surface area contributed by atoms with Gasteiger partial charge in [0.25, 0.3) is 5.89 Å². The third-order valence-corrected chi connectivity index (χ3v) is 15.0. The molecule has 0 spiro atoms. The third-order valence-electron chi connectivity index (χ3n) is 15.0. The number of carbonyl (C=O) groups excluding carboxylic acids is 3. The number of allylic oxidation sites excluding steroid dienone is 1. The van der Waals surface area contributed by atoms with E-state index in [-0.39, 0.29) is 63.6 Å². The number of ketones is 1.